The Balaban J connectivity index is 1.06. The van der Waals surface area contributed by atoms with Gasteiger partial charge in [-0.25, -0.2) is 0 Å². The molecule has 0 spiro atoms. The van der Waals surface area contributed by atoms with Crippen molar-refractivity contribution in [2.24, 2.45) is 0 Å². The molecule has 0 bridgehead atoms. The van der Waals surface area contributed by atoms with Gasteiger partial charge in [-0.1, -0.05) is 133 Å². The molecule has 3 nitrogen and oxygen atoms in total. The molecule has 0 saturated heterocycles. The first-order valence-corrected chi connectivity index (χ1v) is 18.7. The van der Waals surface area contributed by atoms with E-state index in [2.05, 4.69) is 204 Å². The van der Waals surface area contributed by atoms with Crippen molar-refractivity contribution in [1.82, 2.24) is 4.57 Å². The van der Waals surface area contributed by atoms with Gasteiger partial charge >= 0.3 is 0 Å². The predicted octanol–water partition coefficient (Wildman–Crippen LogP) is 14.6. The van der Waals surface area contributed by atoms with E-state index in [4.69, 9.17) is 4.42 Å². The molecule has 11 aromatic rings. The van der Waals surface area contributed by atoms with Gasteiger partial charge in [0.25, 0.3) is 0 Å². The zero-order valence-corrected chi connectivity index (χ0v) is 29.9. The Labute approximate surface area is 318 Å². The van der Waals surface area contributed by atoms with Gasteiger partial charge in [-0.15, -0.1) is 0 Å². The maximum absolute atomic E-state index is 6.39. The number of nitrogens with zero attached hydrogens (tertiary/aromatic N) is 2. The molecular weight excluding hydrogens is 669 g/mol. The number of furan rings is 1. The topological polar surface area (TPSA) is 21.3 Å². The number of para-hydroxylation sites is 2. The van der Waals surface area contributed by atoms with E-state index in [9.17, 15) is 0 Å². The summed E-state index contributed by atoms with van der Waals surface area (Å²) in [5.41, 5.74) is 13.1. The molecule has 0 unspecified atom stereocenters. The van der Waals surface area contributed by atoms with E-state index in [-0.39, 0.29) is 0 Å². The fraction of sp³-hybridized carbons (Fsp3) is 0. The minimum atomic E-state index is 0.868. The van der Waals surface area contributed by atoms with Crippen LogP contribution in [0.15, 0.2) is 211 Å². The normalized spacial score (nSPS) is 11.6. The van der Waals surface area contributed by atoms with Crippen LogP contribution in [-0.4, -0.2) is 4.57 Å². The molecule has 55 heavy (non-hydrogen) atoms. The van der Waals surface area contributed by atoms with Crippen LogP contribution < -0.4 is 4.90 Å². The Hall–Kier alpha value is -7.36. The Bertz CT molecular complexity index is 3210. The standard InChI is InChI=1S/C52H34N2O/c1-2-11-35(12-3-1)37-21-25-41(26-22-37)53(44-28-30-48-47-18-7-9-20-51(47)55-52(48)34-44)42-16-10-15-39(32-42)40-24-29-46-45-17-6-8-19-49(45)54(50(46)33-40)43-27-23-36-13-4-5-14-38(36)31-43/h1-34H. The average Bonchev–Trinajstić information content (AvgIpc) is 3.79. The molecule has 0 aliphatic rings. The van der Waals surface area contributed by atoms with Crippen LogP contribution in [0.4, 0.5) is 17.1 Å². The molecule has 9 aromatic carbocycles. The van der Waals surface area contributed by atoms with E-state index in [1.165, 1.54) is 43.7 Å². The summed E-state index contributed by atoms with van der Waals surface area (Å²) in [6.45, 7) is 0. The molecule has 0 fully saturated rings. The van der Waals surface area contributed by atoms with E-state index in [0.29, 0.717) is 0 Å². The highest BCUT2D eigenvalue weighted by molar-refractivity contribution is 6.11. The fourth-order valence-corrected chi connectivity index (χ4v) is 8.30. The zero-order chi connectivity index (χ0) is 36.3. The molecule has 258 valence electrons. The maximum Gasteiger partial charge on any atom is 0.137 e. The summed E-state index contributed by atoms with van der Waals surface area (Å²) < 4.78 is 8.80. The van der Waals surface area contributed by atoms with E-state index in [1.807, 2.05) is 12.1 Å². The van der Waals surface area contributed by atoms with Gasteiger partial charge in [0.1, 0.15) is 11.2 Å². The lowest BCUT2D eigenvalue weighted by Crippen LogP contribution is -2.10. The van der Waals surface area contributed by atoms with E-state index in [1.54, 1.807) is 0 Å². The van der Waals surface area contributed by atoms with Crippen molar-refractivity contribution in [3.63, 3.8) is 0 Å². The summed E-state index contributed by atoms with van der Waals surface area (Å²) in [4.78, 5) is 2.33. The Morgan fingerprint density at radius 2 is 0.945 bits per heavy atom. The van der Waals surface area contributed by atoms with E-state index in [0.717, 1.165) is 55.8 Å². The number of benzene rings is 9. The number of hydrogen-bond donors (Lipinski definition) is 0. The summed E-state index contributed by atoms with van der Waals surface area (Å²) >= 11 is 0. The molecule has 0 atom stereocenters. The molecular formula is C52H34N2O. The van der Waals surface area contributed by atoms with Crippen LogP contribution in [-0.2, 0) is 0 Å². The van der Waals surface area contributed by atoms with Crippen molar-refractivity contribution >= 4 is 71.6 Å². The second-order valence-electron chi connectivity index (χ2n) is 14.2. The third-order valence-electron chi connectivity index (χ3n) is 11.0. The summed E-state index contributed by atoms with van der Waals surface area (Å²) in [5, 5.41) is 7.19. The number of anilines is 3. The fourth-order valence-electron chi connectivity index (χ4n) is 8.30. The predicted molar refractivity (Wildman–Crippen MR) is 231 cm³/mol. The van der Waals surface area contributed by atoms with Crippen LogP contribution in [0.2, 0.25) is 0 Å². The molecule has 2 aromatic heterocycles. The zero-order valence-electron chi connectivity index (χ0n) is 29.9. The monoisotopic (exact) mass is 702 g/mol. The molecule has 2 heterocycles. The second-order valence-corrected chi connectivity index (χ2v) is 14.2. The molecule has 0 amide bonds. The number of aromatic nitrogens is 1. The van der Waals surface area contributed by atoms with E-state index >= 15 is 0 Å². The SMILES string of the molecule is c1ccc(-c2ccc(N(c3cccc(-c4ccc5c6ccccc6n(-c6ccc7ccccc7c6)c5c4)c3)c3ccc4c(c3)oc3ccccc34)cc2)cc1. The highest BCUT2D eigenvalue weighted by Crippen LogP contribution is 2.41. The first-order valence-electron chi connectivity index (χ1n) is 18.7. The van der Waals surface area contributed by atoms with E-state index < -0.39 is 0 Å². The first kappa shape index (κ1) is 31.2. The highest BCUT2D eigenvalue weighted by atomic mass is 16.3. The Kier molecular flexibility index (Phi) is 7.17. The van der Waals surface area contributed by atoms with Crippen molar-refractivity contribution in [3.8, 4) is 27.9 Å². The van der Waals surface area contributed by atoms with Crippen molar-refractivity contribution in [2.45, 2.75) is 0 Å². The molecule has 3 heteroatoms. The van der Waals surface area contributed by atoms with Gasteiger partial charge in [-0.3, -0.25) is 0 Å². The minimum absolute atomic E-state index is 0.868. The van der Waals surface area contributed by atoms with Crippen LogP contribution in [0, 0.1) is 0 Å². The first-order chi connectivity index (χ1) is 27.2. The number of hydrogen-bond acceptors (Lipinski definition) is 2. The molecule has 0 aliphatic carbocycles. The highest BCUT2D eigenvalue weighted by Gasteiger charge is 2.18. The quantitative estimate of drug-likeness (QED) is 0.172. The lowest BCUT2D eigenvalue weighted by atomic mass is 10.0. The lowest BCUT2D eigenvalue weighted by Gasteiger charge is -2.26. The van der Waals surface area contributed by atoms with Gasteiger partial charge in [0.05, 0.1) is 11.0 Å². The van der Waals surface area contributed by atoms with Crippen molar-refractivity contribution in [3.05, 3.63) is 206 Å². The minimum Gasteiger partial charge on any atom is -0.456 e. The van der Waals surface area contributed by atoms with Crippen LogP contribution in [0.5, 0.6) is 0 Å². The molecule has 0 N–H and O–H groups in total. The third kappa shape index (κ3) is 5.28. The second kappa shape index (κ2) is 12.6. The van der Waals surface area contributed by atoms with Gasteiger partial charge in [-0.2, -0.15) is 0 Å². The molecule has 0 aliphatic heterocycles. The smallest absolute Gasteiger partial charge is 0.137 e. The van der Waals surface area contributed by atoms with Gasteiger partial charge in [-0.05, 0) is 99.8 Å². The third-order valence-corrected chi connectivity index (χ3v) is 11.0. The van der Waals surface area contributed by atoms with Crippen LogP contribution in [0.25, 0.3) is 82.5 Å². The Morgan fingerprint density at radius 1 is 0.327 bits per heavy atom. The number of rotatable bonds is 6. The molecule has 0 radical (unpaired) electrons. The maximum atomic E-state index is 6.39. The summed E-state index contributed by atoms with van der Waals surface area (Å²) in [6.07, 6.45) is 0. The van der Waals surface area contributed by atoms with Crippen molar-refractivity contribution in [1.29, 1.82) is 0 Å². The van der Waals surface area contributed by atoms with Crippen LogP contribution in [0.1, 0.15) is 0 Å². The van der Waals surface area contributed by atoms with Crippen LogP contribution >= 0.6 is 0 Å². The summed E-state index contributed by atoms with van der Waals surface area (Å²) in [7, 11) is 0. The largest absolute Gasteiger partial charge is 0.456 e. The molecule has 11 rings (SSSR count). The van der Waals surface area contributed by atoms with Gasteiger partial charge in [0.15, 0.2) is 0 Å². The Morgan fingerprint density at radius 3 is 1.84 bits per heavy atom. The van der Waals surface area contributed by atoms with Gasteiger partial charge in [0, 0.05) is 50.4 Å². The summed E-state index contributed by atoms with van der Waals surface area (Å²) in [6, 6.07) is 74.0. The number of fused-ring (bicyclic) bond motifs is 7. The summed E-state index contributed by atoms with van der Waals surface area (Å²) in [5.74, 6) is 0. The van der Waals surface area contributed by atoms with Gasteiger partial charge in [0.2, 0.25) is 0 Å². The average molecular weight is 703 g/mol. The van der Waals surface area contributed by atoms with Crippen molar-refractivity contribution in [2.75, 3.05) is 4.90 Å². The van der Waals surface area contributed by atoms with Crippen LogP contribution in [0.3, 0.4) is 0 Å². The van der Waals surface area contributed by atoms with Crippen molar-refractivity contribution < 1.29 is 4.42 Å². The lowest BCUT2D eigenvalue weighted by molar-refractivity contribution is 0.669. The molecule has 0 saturated carbocycles. The van der Waals surface area contributed by atoms with Gasteiger partial charge < -0.3 is 13.9 Å².